The van der Waals surface area contributed by atoms with E-state index in [-0.39, 0.29) is 22.3 Å². The first-order chi connectivity index (χ1) is 13.8. The fourth-order valence-corrected chi connectivity index (χ4v) is 3.17. The van der Waals surface area contributed by atoms with Gasteiger partial charge in [0.2, 0.25) is 0 Å². The molecule has 3 rings (SSSR count). The van der Waals surface area contributed by atoms with E-state index < -0.39 is 5.97 Å². The number of nitrogens with one attached hydrogen (secondary N) is 2. The fourth-order valence-electron chi connectivity index (χ4n) is 2.87. The predicted octanol–water partition coefficient (Wildman–Crippen LogP) is 3.36. The van der Waals surface area contributed by atoms with Gasteiger partial charge in [0.25, 0.3) is 11.5 Å². The van der Waals surface area contributed by atoms with Crippen LogP contribution in [0, 0.1) is 4.77 Å². The van der Waals surface area contributed by atoms with E-state index in [1.807, 2.05) is 13.8 Å². The largest absolute Gasteiger partial charge is 0.465 e. The number of ether oxygens (including phenoxy) is 1. The first-order valence-electron chi connectivity index (χ1n) is 9.14. The Morgan fingerprint density at radius 2 is 1.83 bits per heavy atom. The van der Waals surface area contributed by atoms with Crippen LogP contribution in [0.2, 0.25) is 0 Å². The molecule has 0 saturated heterocycles. The van der Waals surface area contributed by atoms with E-state index in [1.165, 1.54) is 23.8 Å². The minimum atomic E-state index is -0.498. The lowest BCUT2D eigenvalue weighted by atomic mass is 10.1. The molecule has 1 aromatic heterocycles. The summed E-state index contributed by atoms with van der Waals surface area (Å²) in [5.41, 5.74) is 1.48. The number of benzene rings is 2. The molecule has 2 N–H and O–H groups in total. The molecule has 29 heavy (non-hydrogen) atoms. The van der Waals surface area contributed by atoms with Crippen LogP contribution in [0.1, 0.15) is 41.0 Å². The lowest BCUT2D eigenvalue weighted by Crippen LogP contribution is -2.31. The minimum absolute atomic E-state index is 0.0778. The van der Waals surface area contributed by atoms with E-state index in [2.05, 4.69) is 10.3 Å². The molecular weight excluding hydrogens is 390 g/mol. The maximum Gasteiger partial charge on any atom is 0.337 e. The van der Waals surface area contributed by atoms with Crippen LogP contribution in [0.25, 0.3) is 16.6 Å². The number of aromatic nitrogens is 2. The Kier molecular flexibility index (Phi) is 5.93. The molecule has 0 aliphatic carbocycles. The Hall–Kier alpha value is -3.26. The van der Waals surface area contributed by atoms with Crippen molar-refractivity contribution in [3.8, 4) is 5.69 Å². The van der Waals surface area contributed by atoms with Gasteiger partial charge in [0.15, 0.2) is 4.77 Å². The van der Waals surface area contributed by atoms with Gasteiger partial charge < -0.3 is 15.0 Å². The molecule has 7 nitrogen and oxygen atoms in total. The van der Waals surface area contributed by atoms with E-state index in [4.69, 9.17) is 17.0 Å². The van der Waals surface area contributed by atoms with Crippen LogP contribution in [0.5, 0.6) is 0 Å². The van der Waals surface area contributed by atoms with Crippen LogP contribution in [-0.2, 0) is 4.74 Å². The number of methoxy groups -OCH3 is 1. The average molecular weight is 411 g/mol. The molecule has 1 atom stereocenters. The maximum absolute atomic E-state index is 13.0. The highest BCUT2D eigenvalue weighted by atomic mass is 32.1. The number of carbonyl (C=O) groups is 2. The quantitative estimate of drug-likeness (QED) is 0.496. The Labute approximate surface area is 172 Å². The SMILES string of the molecule is CC[C@H](C)NC(=O)c1ccc(-n2c(=S)[nH]c3cc(C(=O)OC)ccc3c2=O)cc1. The molecule has 8 heteroatoms. The van der Waals surface area contributed by atoms with Gasteiger partial charge in [0, 0.05) is 11.6 Å². The average Bonchev–Trinajstić information content (AvgIpc) is 2.73. The summed E-state index contributed by atoms with van der Waals surface area (Å²) in [6.07, 6.45) is 0.836. The molecule has 0 fully saturated rings. The van der Waals surface area contributed by atoms with Crippen LogP contribution in [0.3, 0.4) is 0 Å². The Bertz CT molecular complexity index is 1200. The van der Waals surface area contributed by atoms with Crippen molar-refractivity contribution in [3.05, 3.63) is 68.7 Å². The van der Waals surface area contributed by atoms with Gasteiger partial charge in [0.05, 0.1) is 29.3 Å². The van der Waals surface area contributed by atoms with Crippen LogP contribution in [0.15, 0.2) is 47.3 Å². The summed E-state index contributed by atoms with van der Waals surface area (Å²) in [5.74, 6) is -0.668. The monoisotopic (exact) mass is 411 g/mol. The van der Waals surface area contributed by atoms with Crippen molar-refractivity contribution < 1.29 is 14.3 Å². The third-order valence-corrected chi connectivity index (χ3v) is 4.98. The van der Waals surface area contributed by atoms with E-state index in [9.17, 15) is 14.4 Å². The highest BCUT2D eigenvalue weighted by Gasteiger charge is 2.13. The molecule has 0 unspecified atom stereocenters. The summed E-state index contributed by atoms with van der Waals surface area (Å²) in [6.45, 7) is 3.93. The van der Waals surface area contributed by atoms with Crippen molar-refractivity contribution in [1.82, 2.24) is 14.9 Å². The summed E-state index contributed by atoms with van der Waals surface area (Å²) >= 11 is 5.36. The van der Waals surface area contributed by atoms with Crippen molar-refractivity contribution in [2.75, 3.05) is 7.11 Å². The van der Waals surface area contributed by atoms with E-state index in [0.29, 0.717) is 27.7 Å². The molecule has 1 heterocycles. The van der Waals surface area contributed by atoms with Crippen molar-refractivity contribution in [2.24, 2.45) is 0 Å². The van der Waals surface area contributed by atoms with Crippen molar-refractivity contribution >= 4 is 35.0 Å². The smallest absolute Gasteiger partial charge is 0.337 e. The van der Waals surface area contributed by atoms with Gasteiger partial charge in [-0.3, -0.25) is 14.2 Å². The number of hydrogen-bond donors (Lipinski definition) is 2. The van der Waals surface area contributed by atoms with Crippen LogP contribution in [-0.4, -0.2) is 34.6 Å². The predicted molar refractivity (Wildman–Crippen MR) is 113 cm³/mol. The number of nitrogens with zero attached hydrogens (tertiary/aromatic N) is 1. The Balaban J connectivity index is 2.02. The van der Waals surface area contributed by atoms with E-state index >= 15 is 0 Å². The third kappa shape index (κ3) is 4.12. The number of amides is 1. The molecule has 0 saturated carbocycles. The summed E-state index contributed by atoms with van der Waals surface area (Å²) < 4.78 is 6.24. The second-order valence-electron chi connectivity index (χ2n) is 6.65. The number of rotatable bonds is 5. The van der Waals surface area contributed by atoms with Crippen molar-refractivity contribution in [3.63, 3.8) is 0 Å². The third-order valence-electron chi connectivity index (χ3n) is 4.70. The second kappa shape index (κ2) is 8.40. The molecule has 3 aromatic rings. The summed E-state index contributed by atoms with van der Waals surface area (Å²) in [4.78, 5) is 39.9. The van der Waals surface area contributed by atoms with Gasteiger partial charge in [-0.05, 0) is 68.0 Å². The summed E-state index contributed by atoms with van der Waals surface area (Å²) in [5, 5.41) is 3.28. The van der Waals surface area contributed by atoms with Crippen LogP contribution in [0.4, 0.5) is 0 Å². The van der Waals surface area contributed by atoms with Gasteiger partial charge in [-0.1, -0.05) is 6.92 Å². The summed E-state index contributed by atoms with van der Waals surface area (Å²) in [6, 6.07) is 11.3. The zero-order chi connectivity index (χ0) is 21.1. The molecular formula is C21H21N3O4S. The fraction of sp³-hybridized carbons (Fsp3) is 0.238. The molecule has 0 spiro atoms. The van der Waals surface area contributed by atoms with Gasteiger partial charge in [0.1, 0.15) is 0 Å². The number of fused-ring (bicyclic) bond motifs is 1. The first-order valence-corrected chi connectivity index (χ1v) is 9.55. The molecule has 0 bridgehead atoms. The van der Waals surface area contributed by atoms with Gasteiger partial charge in [-0.2, -0.15) is 0 Å². The Morgan fingerprint density at radius 3 is 2.45 bits per heavy atom. The molecule has 0 aliphatic heterocycles. The zero-order valence-corrected chi connectivity index (χ0v) is 17.1. The van der Waals surface area contributed by atoms with E-state index in [0.717, 1.165) is 6.42 Å². The number of H-pyrrole nitrogens is 1. The Morgan fingerprint density at radius 1 is 1.17 bits per heavy atom. The molecule has 150 valence electrons. The topological polar surface area (TPSA) is 93.2 Å². The second-order valence-corrected chi connectivity index (χ2v) is 7.04. The molecule has 1 amide bonds. The highest BCUT2D eigenvalue weighted by molar-refractivity contribution is 7.71. The normalized spacial score (nSPS) is 11.8. The van der Waals surface area contributed by atoms with E-state index in [1.54, 1.807) is 30.3 Å². The number of carbonyl (C=O) groups excluding carboxylic acids is 2. The molecule has 2 aromatic carbocycles. The number of hydrogen-bond acceptors (Lipinski definition) is 5. The molecule has 0 aliphatic rings. The van der Waals surface area contributed by atoms with Crippen LogP contribution >= 0.6 is 12.2 Å². The zero-order valence-electron chi connectivity index (χ0n) is 16.3. The molecule has 0 radical (unpaired) electrons. The lowest BCUT2D eigenvalue weighted by Gasteiger charge is -2.12. The maximum atomic E-state index is 13.0. The first kappa shape index (κ1) is 20.5. The van der Waals surface area contributed by atoms with Crippen molar-refractivity contribution in [2.45, 2.75) is 26.3 Å². The van der Waals surface area contributed by atoms with Gasteiger partial charge >= 0.3 is 5.97 Å². The van der Waals surface area contributed by atoms with Crippen molar-refractivity contribution in [1.29, 1.82) is 0 Å². The number of esters is 1. The number of aromatic amines is 1. The summed E-state index contributed by atoms with van der Waals surface area (Å²) in [7, 11) is 1.29. The standard InChI is InChI=1S/C21H21N3O4S/c1-4-12(2)22-18(25)13-5-8-15(9-6-13)24-19(26)16-10-7-14(20(27)28-3)11-17(16)23-21(24)29/h5-12H,4H2,1-3H3,(H,22,25)(H,23,29)/t12-/m0/s1. The minimum Gasteiger partial charge on any atom is -0.465 e. The highest BCUT2D eigenvalue weighted by Crippen LogP contribution is 2.15. The van der Waals surface area contributed by atoms with Crippen LogP contribution < -0.4 is 10.9 Å². The van der Waals surface area contributed by atoms with Gasteiger partial charge in [-0.25, -0.2) is 4.79 Å². The van der Waals surface area contributed by atoms with Gasteiger partial charge in [-0.15, -0.1) is 0 Å². The lowest BCUT2D eigenvalue weighted by molar-refractivity contribution is 0.0600.